The van der Waals surface area contributed by atoms with Crippen LogP contribution in [0.5, 0.6) is 11.5 Å². The average Bonchev–Trinajstić information content (AvgIpc) is 2.81. The van der Waals surface area contributed by atoms with E-state index in [1.54, 1.807) is 30.5 Å². The Kier molecular flexibility index (Phi) is 7.59. The zero-order valence-electron chi connectivity index (χ0n) is 17.6. The van der Waals surface area contributed by atoms with Crippen molar-refractivity contribution in [1.29, 1.82) is 0 Å². The molecule has 0 saturated carbocycles. The van der Waals surface area contributed by atoms with Crippen LogP contribution >= 0.6 is 0 Å². The van der Waals surface area contributed by atoms with Crippen LogP contribution in [0.3, 0.4) is 0 Å². The van der Waals surface area contributed by atoms with Crippen LogP contribution in [0, 0.1) is 0 Å². The molecule has 7 heteroatoms. The molecule has 0 unspecified atom stereocenters. The number of hydrogen-bond acceptors (Lipinski definition) is 5. The first-order valence-electron chi connectivity index (χ1n) is 10.0. The monoisotopic (exact) mass is 419 g/mol. The molecule has 0 fully saturated rings. The molecule has 0 aliphatic rings. The number of benzene rings is 3. The van der Waals surface area contributed by atoms with Gasteiger partial charge in [-0.25, -0.2) is 5.43 Å². The summed E-state index contributed by atoms with van der Waals surface area (Å²) in [5.41, 5.74) is 3.58. The number of para-hydroxylation sites is 1. The summed E-state index contributed by atoms with van der Waals surface area (Å²) < 4.78 is 11.0. The topological polar surface area (TPSA) is 89.0 Å². The van der Waals surface area contributed by atoms with Crippen molar-refractivity contribution in [3.8, 4) is 11.5 Å². The number of rotatable bonds is 9. The number of methoxy groups -OCH3 is 1. The van der Waals surface area contributed by atoms with Crippen LogP contribution in [0.25, 0.3) is 10.8 Å². The molecule has 0 aliphatic heterocycles. The van der Waals surface area contributed by atoms with Crippen LogP contribution < -0.4 is 20.2 Å². The van der Waals surface area contributed by atoms with Crippen LogP contribution in [0.2, 0.25) is 0 Å². The molecule has 7 nitrogen and oxygen atoms in total. The van der Waals surface area contributed by atoms with E-state index in [1.807, 2.05) is 43.3 Å². The summed E-state index contributed by atoms with van der Waals surface area (Å²) in [7, 11) is 1.49. The lowest BCUT2D eigenvalue weighted by Crippen LogP contribution is -2.35. The highest BCUT2D eigenvalue weighted by molar-refractivity contribution is 6.03. The number of hydrazone groups is 1. The fourth-order valence-corrected chi connectivity index (χ4v) is 3.04. The fraction of sp³-hybridized carbons (Fsp3) is 0.208. The van der Waals surface area contributed by atoms with E-state index in [2.05, 4.69) is 15.8 Å². The number of hydrogen-bond donors (Lipinski definition) is 2. The number of carbonyl (C=O) groups is 2. The normalized spacial score (nSPS) is 10.8. The maximum atomic E-state index is 12.3. The van der Waals surface area contributed by atoms with Crippen molar-refractivity contribution in [2.45, 2.75) is 13.3 Å². The van der Waals surface area contributed by atoms with Crippen molar-refractivity contribution in [2.75, 3.05) is 20.3 Å². The molecule has 0 saturated heterocycles. The molecule has 3 aromatic carbocycles. The third kappa shape index (κ3) is 5.60. The van der Waals surface area contributed by atoms with E-state index in [-0.39, 0.29) is 6.54 Å². The highest BCUT2D eigenvalue weighted by Gasteiger charge is 2.12. The summed E-state index contributed by atoms with van der Waals surface area (Å²) in [6, 6.07) is 18.6. The van der Waals surface area contributed by atoms with Crippen LogP contribution in [0.15, 0.2) is 65.8 Å². The molecule has 0 aromatic heterocycles. The summed E-state index contributed by atoms with van der Waals surface area (Å²) in [5, 5.41) is 8.64. The van der Waals surface area contributed by atoms with Crippen LogP contribution in [-0.2, 0) is 4.79 Å². The van der Waals surface area contributed by atoms with Crippen molar-refractivity contribution in [2.24, 2.45) is 5.10 Å². The van der Waals surface area contributed by atoms with Gasteiger partial charge in [0.2, 0.25) is 0 Å². The third-order valence-corrected chi connectivity index (χ3v) is 4.54. The molecule has 0 aliphatic carbocycles. The summed E-state index contributed by atoms with van der Waals surface area (Å²) in [6.45, 7) is 2.40. The van der Waals surface area contributed by atoms with E-state index in [1.165, 1.54) is 7.11 Å². The summed E-state index contributed by atoms with van der Waals surface area (Å²) in [6.07, 6.45) is 2.44. The smallest absolute Gasteiger partial charge is 0.259 e. The minimum Gasteiger partial charge on any atom is -0.496 e. The molecule has 3 rings (SSSR count). The molecule has 31 heavy (non-hydrogen) atoms. The second-order valence-electron chi connectivity index (χ2n) is 6.72. The molecule has 0 bridgehead atoms. The van der Waals surface area contributed by atoms with Crippen LogP contribution in [-0.4, -0.2) is 38.3 Å². The van der Waals surface area contributed by atoms with Gasteiger partial charge in [-0.15, -0.1) is 0 Å². The third-order valence-electron chi connectivity index (χ3n) is 4.54. The maximum absolute atomic E-state index is 12.3. The van der Waals surface area contributed by atoms with Crippen LogP contribution in [0.1, 0.15) is 29.3 Å². The minimum absolute atomic E-state index is 0.219. The second-order valence-corrected chi connectivity index (χ2v) is 6.72. The van der Waals surface area contributed by atoms with E-state index >= 15 is 0 Å². The molecule has 0 spiro atoms. The average molecular weight is 419 g/mol. The Morgan fingerprint density at radius 3 is 2.58 bits per heavy atom. The highest BCUT2D eigenvalue weighted by atomic mass is 16.5. The maximum Gasteiger partial charge on any atom is 0.259 e. The number of nitrogens with zero attached hydrogens (tertiary/aromatic N) is 1. The van der Waals surface area contributed by atoms with Crippen molar-refractivity contribution in [3.63, 3.8) is 0 Å². The number of nitrogens with one attached hydrogen (secondary N) is 2. The van der Waals surface area contributed by atoms with Gasteiger partial charge < -0.3 is 14.8 Å². The van der Waals surface area contributed by atoms with Gasteiger partial charge in [0, 0.05) is 5.56 Å². The minimum atomic E-state index is -0.448. The number of fused-ring (bicyclic) bond motifs is 1. The summed E-state index contributed by atoms with van der Waals surface area (Å²) in [4.78, 5) is 24.4. The molecule has 2 amide bonds. The van der Waals surface area contributed by atoms with Crippen molar-refractivity contribution in [3.05, 3.63) is 71.8 Å². The number of carbonyl (C=O) groups excluding carboxylic acids is 2. The van der Waals surface area contributed by atoms with Gasteiger partial charge in [0.05, 0.1) is 32.0 Å². The lowest BCUT2D eigenvalue weighted by Gasteiger charge is -2.11. The quantitative estimate of drug-likeness (QED) is 0.410. The molecule has 0 atom stereocenters. The van der Waals surface area contributed by atoms with E-state index in [9.17, 15) is 9.59 Å². The zero-order chi connectivity index (χ0) is 22.1. The fourth-order valence-electron chi connectivity index (χ4n) is 3.04. The van der Waals surface area contributed by atoms with Crippen LogP contribution in [0.4, 0.5) is 0 Å². The molecule has 2 N–H and O–H groups in total. The molecular weight excluding hydrogens is 394 g/mol. The molecule has 0 radical (unpaired) electrons. The standard InChI is InChI=1S/C24H25N3O4/c1-3-14-31-22-13-12-17-8-4-5-9-18(17)20(22)15-26-27-23(28)16-25-24(29)19-10-6-7-11-21(19)30-2/h4-13,15H,3,14,16H2,1-2H3,(H,25,29)(H,27,28). The van der Waals surface area contributed by atoms with Gasteiger partial charge in [0.1, 0.15) is 11.5 Å². The summed E-state index contributed by atoms with van der Waals surface area (Å²) >= 11 is 0. The largest absolute Gasteiger partial charge is 0.496 e. The van der Waals surface area contributed by atoms with Crippen molar-refractivity contribution in [1.82, 2.24) is 10.7 Å². The lowest BCUT2D eigenvalue weighted by molar-refractivity contribution is -0.120. The van der Waals surface area contributed by atoms with E-state index < -0.39 is 11.8 Å². The van der Waals surface area contributed by atoms with Gasteiger partial charge in [-0.05, 0) is 35.4 Å². The van der Waals surface area contributed by atoms with Gasteiger partial charge in [0.15, 0.2) is 0 Å². The first-order valence-corrected chi connectivity index (χ1v) is 10.0. The second kappa shape index (κ2) is 10.8. The van der Waals surface area contributed by atoms with Gasteiger partial charge in [-0.3, -0.25) is 9.59 Å². The Hall–Kier alpha value is -3.87. The van der Waals surface area contributed by atoms with E-state index in [0.29, 0.717) is 23.7 Å². The Balaban J connectivity index is 1.65. The van der Waals surface area contributed by atoms with Gasteiger partial charge in [0.25, 0.3) is 11.8 Å². The molecule has 0 heterocycles. The SMILES string of the molecule is CCCOc1ccc2ccccc2c1C=NNC(=O)CNC(=O)c1ccccc1OC. The Morgan fingerprint density at radius 1 is 1.00 bits per heavy atom. The lowest BCUT2D eigenvalue weighted by atomic mass is 10.0. The highest BCUT2D eigenvalue weighted by Crippen LogP contribution is 2.26. The Bertz CT molecular complexity index is 1100. The first kappa shape index (κ1) is 21.8. The molecule has 160 valence electrons. The number of amides is 2. The zero-order valence-corrected chi connectivity index (χ0v) is 17.6. The Labute approximate surface area is 181 Å². The van der Waals surface area contributed by atoms with Gasteiger partial charge in [-0.1, -0.05) is 49.4 Å². The molecular formula is C24H25N3O4. The van der Waals surface area contributed by atoms with E-state index in [0.717, 1.165) is 22.8 Å². The van der Waals surface area contributed by atoms with Gasteiger partial charge in [-0.2, -0.15) is 5.10 Å². The number of ether oxygens (including phenoxy) is 2. The predicted molar refractivity (Wildman–Crippen MR) is 121 cm³/mol. The van der Waals surface area contributed by atoms with Crippen molar-refractivity contribution >= 4 is 28.8 Å². The summed E-state index contributed by atoms with van der Waals surface area (Å²) in [5.74, 6) is 0.286. The van der Waals surface area contributed by atoms with E-state index in [4.69, 9.17) is 9.47 Å². The van der Waals surface area contributed by atoms with Gasteiger partial charge >= 0.3 is 0 Å². The Morgan fingerprint density at radius 2 is 1.77 bits per heavy atom. The first-order chi connectivity index (χ1) is 15.1. The molecule has 3 aromatic rings. The van der Waals surface area contributed by atoms with Crippen molar-refractivity contribution < 1.29 is 19.1 Å². The predicted octanol–water partition coefficient (Wildman–Crippen LogP) is 3.52.